The standard InChI is InChI=1S/C6H5N3O.Na/c10-6-8-7-5-3-1-2-4-9(5)6;/h1-4H,(H,8,10);/q;+1/p-1. The van der Waals surface area contributed by atoms with E-state index in [4.69, 9.17) is 0 Å². The van der Waals surface area contributed by atoms with E-state index in [0.29, 0.717) is 5.65 Å². The fourth-order valence-corrected chi connectivity index (χ4v) is 0.819. The zero-order valence-corrected chi connectivity index (χ0v) is 8.06. The first-order chi connectivity index (χ1) is 4.88. The molecule has 11 heavy (non-hydrogen) atoms. The van der Waals surface area contributed by atoms with Gasteiger partial charge in [0.25, 0.3) is 0 Å². The number of aromatic nitrogens is 3. The first-order valence-corrected chi connectivity index (χ1v) is 2.85. The quantitative estimate of drug-likeness (QED) is 0.375. The van der Waals surface area contributed by atoms with Gasteiger partial charge in [0.1, 0.15) is 0 Å². The van der Waals surface area contributed by atoms with Gasteiger partial charge in [-0.15, -0.1) is 0 Å². The Bertz CT molecular complexity index is 405. The van der Waals surface area contributed by atoms with Crippen molar-refractivity contribution in [2.24, 2.45) is 0 Å². The predicted molar refractivity (Wildman–Crippen MR) is 34.8 cm³/mol. The molecule has 5 heteroatoms. The molecule has 4 nitrogen and oxygen atoms in total. The molecule has 50 valence electrons. The average Bonchev–Trinajstić information content (AvgIpc) is 2.34. The summed E-state index contributed by atoms with van der Waals surface area (Å²) in [5.41, 5.74) is 0.267. The largest absolute Gasteiger partial charge is 1.00 e. The summed E-state index contributed by atoms with van der Waals surface area (Å²) in [4.78, 5) is 10.8. The molecule has 0 aromatic carbocycles. The zero-order chi connectivity index (χ0) is 6.97. The number of rotatable bonds is 0. The molecule has 2 heterocycles. The van der Waals surface area contributed by atoms with Gasteiger partial charge in [0, 0.05) is 0 Å². The Kier molecular flexibility index (Phi) is 2.49. The molecule has 0 amide bonds. The summed E-state index contributed by atoms with van der Waals surface area (Å²) in [5, 5.41) is 6.97. The normalized spacial score (nSPS) is 9.45. The van der Waals surface area contributed by atoms with Gasteiger partial charge in [-0.25, -0.2) is 0 Å². The van der Waals surface area contributed by atoms with E-state index < -0.39 is 0 Å². The third-order valence-electron chi connectivity index (χ3n) is 1.28. The van der Waals surface area contributed by atoms with Crippen LogP contribution in [0.5, 0.6) is 0 Å². The van der Waals surface area contributed by atoms with E-state index in [0.717, 1.165) is 0 Å². The minimum Gasteiger partial charge on any atom is -0.374 e. The van der Waals surface area contributed by atoms with E-state index in [-0.39, 0.29) is 35.2 Å². The molecule has 2 aromatic heterocycles. The fraction of sp³-hybridized carbons (Fsp3) is 0. The van der Waals surface area contributed by atoms with Crippen molar-refractivity contribution in [1.82, 2.24) is 14.6 Å². The predicted octanol–water partition coefficient (Wildman–Crippen LogP) is -3.34. The number of pyridine rings is 1. The van der Waals surface area contributed by atoms with Crippen molar-refractivity contribution in [2.75, 3.05) is 0 Å². The average molecular weight is 157 g/mol. The number of hydrogen-bond donors (Lipinski definition) is 0. The monoisotopic (exact) mass is 157 g/mol. The summed E-state index contributed by atoms with van der Waals surface area (Å²) in [6.07, 6.45) is 1.64. The smallest absolute Gasteiger partial charge is 0.374 e. The topological polar surface area (TPSA) is 48.5 Å². The van der Waals surface area contributed by atoms with Crippen molar-refractivity contribution in [3.05, 3.63) is 34.9 Å². The Balaban J connectivity index is 0.000000605. The van der Waals surface area contributed by atoms with Crippen LogP contribution in [0.25, 0.3) is 5.65 Å². The maximum absolute atomic E-state index is 10.8. The van der Waals surface area contributed by atoms with Crippen LogP contribution in [0.3, 0.4) is 0 Å². The molecule has 2 aromatic rings. The third-order valence-corrected chi connectivity index (χ3v) is 1.28. The summed E-state index contributed by atoms with van der Waals surface area (Å²) >= 11 is 0. The number of hydrogen-bond acceptors (Lipinski definition) is 2. The molecule has 0 aliphatic carbocycles. The van der Waals surface area contributed by atoms with Gasteiger partial charge in [0.05, 0.1) is 5.65 Å². The summed E-state index contributed by atoms with van der Waals surface area (Å²) in [6, 6.07) is 5.30. The number of fused-ring (bicyclic) bond motifs is 1. The maximum atomic E-state index is 10.8. The van der Waals surface area contributed by atoms with Gasteiger partial charge in [-0.3, -0.25) is 9.89 Å². The van der Waals surface area contributed by atoms with Crippen LogP contribution in [-0.2, 0) is 0 Å². The van der Waals surface area contributed by atoms with Gasteiger partial charge in [-0.1, -0.05) is 18.3 Å². The molecule has 0 fully saturated rings. The van der Waals surface area contributed by atoms with Crippen LogP contribution < -0.4 is 40.3 Å². The fourth-order valence-electron chi connectivity index (χ4n) is 0.819. The molecule has 2 rings (SSSR count). The minimum atomic E-state index is -0.324. The summed E-state index contributed by atoms with van der Waals surface area (Å²) < 4.78 is 1.39. The minimum absolute atomic E-state index is 0. The van der Waals surface area contributed by atoms with Crippen molar-refractivity contribution in [3.63, 3.8) is 0 Å². The zero-order valence-electron chi connectivity index (χ0n) is 6.06. The van der Waals surface area contributed by atoms with Crippen molar-refractivity contribution >= 4 is 5.65 Å². The van der Waals surface area contributed by atoms with Crippen LogP contribution in [0.2, 0.25) is 0 Å². The molecule has 0 saturated heterocycles. The molecule has 0 radical (unpaired) electrons. The van der Waals surface area contributed by atoms with Gasteiger partial charge in [-0.2, -0.15) is 0 Å². The SMILES string of the molecule is O=c1[n-]nc2ccccn12.[Na+]. The molecule has 0 aliphatic heterocycles. The van der Waals surface area contributed by atoms with E-state index >= 15 is 0 Å². The second-order valence-corrected chi connectivity index (χ2v) is 1.91. The molecule has 0 spiro atoms. The van der Waals surface area contributed by atoms with Crippen LogP contribution in [0.1, 0.15) is 0 Å². The Morgan fingerprint density at radius 3 is 3.00 bits per heavy atom. The van der Waals surface area contributed by atoms with Gasteiger partial charge in [0.2, 0.25) is 0 Å². The molecule has 0 bridgehead atoms. The summed E-state index contributed by atoms with van der Waals surface area (Å²) in [5.74, 6) is 0. The van der Waals surface area contributed by atoms with Crippen LogP contribution in [0.15, 0.2) is 29.2 Å². The van der Waals surface area contributed by atoms with E-state index in [1.165, 1.54) is 4.40 Å². The second-order valence-electron chi connectivity index (χ2n) is 1.91. The summed E-state index contributed by atoms with van der Waals surface area (Å²) in [6.45, 7) is 0. The van der Waals surface area contributed by atoms with Crippen LogP contribution >= 0.6 is 0 Å². The first kappa shape index (κ1) is 8.52. The first-order valence-electron chi connectivity index (χ1n) is 2.85. The van der Waals surface area contributed by atoms with Crippen LogP contribution in [0.4, 0.5) is 0 Å². The molecule has 0 atom stereocenters. The molecule has 0 saturated carbocycles. The van der Waals surface area contributed by atoms with E-state index in [1.807, 2.05) is 6.07 Å². The van der Waals surface area contributed by atoms with Gasteiger partial charge >= 0.3 is 29.6 Å². The molecule has 0 unspecified atom stereocenters. The maximum Gasteiger partial charge on any atom is 1.00 e. The van der Waals surface area contributed by atoms with Crippen molar-refractivity contribution in [1.29, 1.82) is 0 Å². The second kappa shape index (κ2) is 3.21. The Morgan fingerprint density at radius 2 is 2.27 bits per heavy atom. The molecular formula is C6H4N3NaO. The van der Waals surface area contributed by atoms with Crippen LogP contribution in [0, 0.1) is 0 Å². The Labute approximate surface area is 84.5 Å². The van der Waals surface area contributed by atoms with E-state index in [1.54, 1.807) is 18.3 Å². The van der Waals surface area contributed by atoms with Gasteiger partial charge in [-0.05, 0) is 6.07 Å². The van der Waals surface area contributed by atoms with E-state index in [9.17, 15) is 4.79 Å². The van der Waals surface area contributed by atoms with Gasteiger partial charge < -0.3 is 9.50 Å². The van der Waals surface area contributed by atoms with Gasteiger partial charge in [0.15, 0.2) is 5.69 Å². The summed E-state index contributed by atoms with van der Waals surface area (Å²) in [7, 11) is 0. The van der Waals surface area contributed by atoms with Crippen molar-refractivity contribution in [3.8, 4) is 0 Å². The van der Waals surface area contributed by atoms with Crippen LogP contribution in [-0.4, -0.2) is 9.50 Å². The molecule has 0 N–H and O–H groups in total. The Morgan fingerprint density at radius 1 is 1.45 bits per heavy atom. The Hall–Kier alpha value is -0.580. The molecule has 0 aliphatic rings. The number of nitrogens with zero attached hydrogens (tertiary/aromatic N) is 3. The molecular weight excluding hydrogens is 153 g/mol. The van der Waals surface area contributed by atoms with Crippen molar-refractivity contribution in [2.45, 2.75) is 0 Å². The third kappa shape index (κ3) is 1.38. The van der Waals surface area contributed by atoms with Crippen molar-refractivity contribution < 1.29 is 29.6 Å². The van der Waals surface area contributed by atoms with E-state index in [2.05, 4.69) is 10.2 Å².